The lowest BCUT2D eigenvalue weighted by Gasteiger charge is -2.11. The molecule has 27 heavy (non-hydrogen) atoms. The van der Waals surface area contributed by atoms with Crippen LogP contribution in [0.2, 0.25) is 0 Å². The summed E-state index contributed by atoms with van der Waals surface area (Å²) in [5.41, 5.74) is 1.87. The highest BCUT2D eigenvalue weighted by atomic mass is 16.5. The maximum absolute atomic E-state index is 5.47. The Morgan fingerprint density at radius 3 is 1.48 bits per heavy atom. The molecule has 6 heteroatoms. The molecule has 1 aromatic heterocycles. The number of hydrogen-bond donors (Lipinski definition) is 2. The fourth-order valence-corrected chi connectivity index (χ4v) is 2.59. The van der Waals surface area contributed by atoms with Crippen LogP contribution >= 0.6 is 0 Å². The molecule has 2 N–H and O–H groups in total. The van der Waals surface area contributed by atoms with Crippen molar-refractivity contribution in [1.29, 1.82) is 0 Å². The summed E-state index contributed by atoms with van der Waals surface area (Å²) in [6.45, 7) is 7.10. The first-order valence-corrected chi connectivity index (χ1v) is 9.01. The Bertz CT molecular complexity index is 795. The van der Waals surface area contributed by atoms with Gasteiger partial charge >= 0.3 is 0 Å². The van der Waals surface area contributed by atoms with Crippen molar-refractivity contribution >= 4 is 23.0 Å². The van der Waals surface area contributed by atoms with Gasteiger partial charge in [-0.2, -0.15) is 0 Å². The summed E-state index contributed by atoms with van der Waals surface area (Å²) in [6, 6.07) is 17.4. The molecule has 2 aromatic carbocycles. The predicted molar refractivity (Wildman–Crippen MR) is 109 cm³/mol. The summed E-state index contributed by atoms with van der Waals surface area (Å²) < 4.78 is 10.9. The number of nitrogens with one attached hydrogen (secondary N) is 2. The lowest BCUT2D eigenvalue weighted by atomic mass is 10.3. The Morgan fingerprint density at radius 2 is 1.11 bits per heavy atom. The van der Waals surface area contributed by atoms with Crippen LogP contribution in [-0.4, -0.2) is 23.2 Å². The van der Waals surface area contributed by atoms with E-state index in [9.17, 15) is 0 Å². The van der Waals surface area contributed by atoms with Crippen LogP contribution < -0.4 is 20.1 Å². The van der Waals surface area contributed by atoms with Gasteiger partial charge in [0, 0.05) is 17.4 Å². The normalized spacial score (nSPS) is 10.3. The molecule has 0 bridgehead atoms. The number of nitrogens with zero attached hydrogens (tertiary/aromatic N) is 2. The van der Waals surface area contributed by atoms with E-state index in [1.54, 1.807) is 0 Å². The van der Waals surface area contributed by atoms with Crippen LogP contribution in [0.3, 0.4) is 0 Å². The summed E-state index contributed by atoms with van der Waals surface area (Å²) in [7, 11) is 0. The zero-order valence-corrected chi connectivity index (χ0v) is 15.8. The topological polar surface area (TPSA) is 68.3 Å². The highest BCUT2D eigenvalue weighted by Gasteiger charge is 2.04. The van der Waals surface area contributed by atoms with Crippen LogP contribution in [0.15, 0.2) is 54.6 Å². The Morgan fingerprint density at radius 1 is 0.704 bits per heavy atom. The van der Waals surface area contributed by atoms with E-state index in [1.165, 1.54) is 0 Å². The minimum atomic E-state index is 0.651. The molecule has 0 saturated heterocycles. The van der Waals surface area contributed by atoms with Crippen LogP contribution in [0.5, 0.6) is 11.5 Å². The van der Waals surface area contributed by atoms with Gasteiger partial charge in [0.05, 0.1) is 13.2 Å². The number of aryl methyl sites for hydroxylation is 1. The van der Waals surface area contributed by atoms with Gasteiger partial charge in [-0.25, -0.2) is 9.97 Å². The number of rotatable bonds is 8. The first kappa shape index (κ1) is 18.5. The van der Waals surface area contributed by atoms with Gasteiger partial charge in [0.25, 0.3) is 0 Å². The molecule has 0 radical (unpaired) electrons. The molecule has 140 valence electrons. The first-order chi connectivity index (χ1) is 13.2. The van der Waals surface area contributed by atoms with E-state index in [0.29, 0.717) is 19.0 Å². The largest absolute Gasteiger partial charge is 0.494 e. The zero-order valence-electron chi connectivity index (χ0n) is 15.8. The van der Waals surface area contributed by atoms with Crippen molar-refractivity contribution in [3.8, 4) is 11.5 Å². The third-order valence-corrected chi connectivity index (χ3v) is 3.71. The van der Waals surface area contributed by atoms with E-state index in [1.807, 2.05) is 75.4 Å². The number of anilines is 4. The van der Waals surface area contributed by atoms with Gasteiger partial charge in [0.2, 0.25) is 0 Å². The van der Waals surface area contributed by atoms with Crippen molar-refractivity contribution in [2.75, 3.05) is 23.8 Å². The zero-order chi connectivity index (χ0) is 19.1. The second-order valence-corrected chi connectivity index (χ2v) is 5.85. The molecule has 1 heterocycles. The lowest BCUT2D eigenvalue weighted by molar-refractivity contribution is 0.340. The average Bonchev–Trinajstić information content (AvgIpc) is 2.65. The highest BCUT2D eigenvalue weighted by molar-refractivity contribution is 5.64. The monoisotopic (exact) mass is 364 g/mol. The molecule has 0 aliphatic heterocycles. The van der Waals surface area contributed by atoms with Crippen LogP contribution in [0, 0.1) is 6.92 Å². The van der Waals surface area contributed by atoms with Crippen LogP contribution in [-0.2, 0) is 0 Å². The number of benzene rings is 2. The van der Waals surface area contributed by atoms with E-state index < -0.39 is 0 Å². The summed E-state index contributed by atoms with van der Waals surface area (Å²) >= 11 is 0. The van der Waals surface area contributed by atoms with E-state index in [0.717, 1.165) is 34.5 Å². The maximum atomic E-state index is 5.47. The quantitative estimate of drug-likeness (QED) is 0.582. The second-order valence-electron chi connectivity index (χ2n) is 5.85. The molecule has 0 spiro atoms. The molecule has 0 aliphatic rings. The molecular weight excluding hydrogens is 340 g/mol. The number of ether oxygens (including phenoxy) is 2. The second kappa shape index (κ2) is 8.89. The van der Waals surface area contributed by atoms with Crippen molar-refractivity contribution in [2.24, 2.45) is 0 Å². The Balaban J connectivity index is 1.71. The molecule has 0 atom stereocenters. The molecule has 0 aliphatic carbocycles. The van der Waals surface area contributed by atoms with Crippen molar-refractivity contribution in [3.63, 3.8) is 0 Å². The van der Waals surface area contributed by atoms with Gasteiger partial charge in [-0.15, -0.1) is 0 Å². The fourth-order valence-electron chi connectivity index (χ4n) is 2.59. The van der Waals surface area contributed by atoms with Crippen molar-refractivity contribution in [2.45, 2.75) is 20.8 Å². The molecule has 3 aromatic rings. The Kier molecular flexibility index (Phi) is 6.10. The standard InChI is InChI=1S/C21H24N4O2/c1-4-26-18-10-6-16(7-11-18)24-20-14-21(23-15(3)22-20)25-17-8-12-19(13-9-17)27-5-2/h6-14H,4-5H2,1-3H3,(H2,22,23,24,25). The van der Waals surface area contributed by atoms with E-state index in [4.69, 9.17) is 9.47 Å². The maximum Gasteiger partial charge on any atom is 0.136 e. The lowest BCUT2D eigenvalue weighted by Crippen LogP contribution is -2.01. The van der Waals surface area contributed by atoms with E-state index in [-0.39, 0.29) is 0 Å². The molecule has 0 saturated carbocycles. The summed E-state index contributed by atoms with van der Waals surface area (Å²) in [5, 5.41) is 6.60. The van der Waals surface area contributed by atoms with Crippen LogP contribution in [0.25, 0.3) is 0 Å². The van der Waals surface area contributed by atoms with Crippen molar-refractivity contribution in [1.82, 2.24) is 9.97 Å². The molecule has 0 unspecified atom stereocenters. The van der Waals surface area contributed by atoms with Crippen LogP contribution in [0.1, 0.15) is 19.7 Å². The van der Waals surface area contributed by atoms with Gasteiger partial charge in [-0.1, -0.05) is 0 Å². The third-order valence-electron chi connectivity index (χ3n) is 3.71. The molecule has 6 nitrogen and oxygen atoms in total. The minimum Gasteiger partial charge on any atom is -0.494 e. The fraction of sp³-hybridized carbons (Fsp3) is 0.238. The SMILES string of the molecule is CCOc1ccc(Nc2cc(Nc3ccc(OCC)cc3)nc(C)n2)cc1. The smallest absolute Gasteiger partial charge is 0.136 e. The van der Waals surface area contributed by atoms with Crippen LogP contribution in [0.4, 0.5) is 23.0 Å². The number of hydrogen-bond acceptors (Lipinski definition) is 6. The summed E-state index contributed by atoms with van der Waals surface area (Å²) in [5.74, 6) is 3.82. The summed E-state index contributed by atoms with van der Waals surface area (Å²) in [4.78, 5) is 8.91. The van der Waals surface area contributed by atoms with E-state index in [2.05, 4.69) is 20.6 Å². The van der Waals surface area contributed by atoms with Crippen molar-refractivity contribution in [3.05, 3.63) is 60.4 Å². The number of aromatic nitrogens is 2. The van der Waals surface area contributed by atoms with Gasteiger partial charge in [-0.05, 0) is 69.3 Å². The molecule has 3 rings (SSSR count). The Labute approximate surface area is 159 Å². The van der Waals surface area contributed by atoms with E-state index >= 15 is 0 Å². The first-order valence-electron chi connectivity index (χ1n) is 9.01. The van der Waals surface area contributed by atoms with Gasteiger partial charge in [0.1, 0.15) is 29.0 Å². The Hall–Kier alpha value is -3.28. The van der Waals surface area contributed by atoms with Gasteiger partial charge in [-0.3, -0.25) is 0 Å². The average molecular weight is 364 g/mol. The molecule has 0 fully saturated rings. The summed E-state index contributed by atoms with van der Waals surface area (Å²) in [6.07, 6.45) is 0. The van der Waals surface area contributed by atoms with Gasteiger partial charge < -0.3 is 20.1 Å². The third kappa shape index (κ3) is 5.34. The minimum absolute atomic E-state index is 0.651. The predicted octanol–water partition coefficient (Wildman–Crippen LogP) is 5.07. The highest BCUT2D eigenvalue weighted by Crippen LogP contribution is 2.23. The molecular formula is C21H24N4O2. The van der Waals surface area contributed by atoms with Gasteiger partial charge in [0.15, 0.2) is 0 Å². The van der Waals surface area contributed by atoms with Crippen molar-refractivity contribution < 1.29 is 9.47 Å². The molecule has 0 amide bonds.